The lowest BCUT2D eigenvalue weighted by atomic mass is 10.3. The Balaban J connectivity index is 2.63. The van der Waals surface area contributed by atoms with E-state index in [2.05, 4.69) is 0 Å². The lowest BCUT2D eigenvalue weighted by Gasteiger charge is -2.17. The van der Waals surface area contributed by atoms with Gasteiger partial charge in [-0.25, -0.2) is 4.79 Å². The van der Waals surface area contributed by atoms with Crippen molar-refractivity contribution < 1.29 is 16.1 Å². The zero-order valence-corrected chi connectivity index (χ0v) is 6.63. The fourth-order valence-corrected chi connectivity index (χ4v) is 2.06. The molecule has 1 saturated heterocycles. The van der Waals surface area contributed by atoms with E-state index >= 15 is 0 Å². The first-order chi connectivity index (χ1) is 5.66. The predicted octanol–water partition coefficient (Wildman–Crippen LogP) is -0.00760. The van der Waals surface area contributed by atoms with E-state index in [1.165, 1.54) is 16.7 Å². The number of rotatable bonds is 1. The normalized spacial score (nSPS) is 24.9. The van der Waals surface area contributed by atoms with Crippen LogP contribution in [0.25, 0.3) is 0 Å². The molecule has 0 aromatic heterocycles. The molecule has 1 aliphatic rings. The standard InChI is InChI=1S/C6H9NO3S/c1-4(8)7-3-11-2-5(7)6(9)10/h5H,2-3H2,1H3,(H,9,10)/i1D. The first-order valence-electron chi connectivity index (χ1n) is 3.76. The lowest BCUT2D eigenvalue weighted by molar-refractivity contribution is -0.146. The van der Waals surface area contributed by atoms with E-state index in [4.69, 9.17) is 6.48 Å². The van der Waals surface area contributed by atoms with Gasteiger partial charge in [0.15, 0.2) is 0 Å². The highest BCUT2D eigenvalue weighted by Gasteiger charge is 2.32. The molecule has 1 heterocycles. The van der Waals surface area contributed by atoms with Gasteiger partial charge in [0.2, 0.25) is 5.91 Å². The van der Waals surface area contributed by atoms with Crippen LogP contribution in [-0.4, -0.2) is 39.6 Å². The Labute approximate surface area is 70.0 Å². The van der Waals surface area contributed by atoms with Crippen molar-refractivity contribution in [2.75, 3.05) is 11.6 Å². The van der Waals surface area contributed by atoms with Gasteiger partial charge in [0, 0.05) is 14.0 Å². The highest BCUT2D eigenvalue weighted by molar-refractivity contribution is 7.99. The van der Waals surface area contributed by atoms with Gasteiger partial charge in [0.05, 0.1) is 5.88 Å². The minimum Gasteiger partial charge on any atom is -0.480 e. The Morgan fingerprint density at radius 1 is 1.82 bits per heavy atom. The van der Waals surface area contributed by atoms with E-state index in [0.29, 0.717) is 11.6 Å². The van der Waals surface area contributed by atoms with Crippen LogP contribution in [0.2, 0.25) is 0 Å². The summed E-state index contributed by atoms with van der Waals surface area (Å²) in [4.78, 5) is 22.8. The van der Waals surface area contributed by atoms with Gasteiger partial charge in [0.1, 0.15) is 6.04 Å². The number of carboxylic acid groups (broad SMARTS) is 1. The third kappa shape index (κ3) is 1.65. The highest BCUT2D eigenvalue weighted by Crippen LogP contribution is 2.20. The summed E-state index contributed by atoms with van der Waals surface area (Å²) in [5, 5.41) is 8.66. The first kappa shape index (κ1) is 6.97. The average Bonchev–Trinajstić information content (AvgIpc) is 2.50. The Hall–Kier alpha value is -0.710. The smallest absolute Gasteiger partial charge is 0.327 e. The van der Waals surface area contributed by atoms with Gasteiger partial charge in [-0.3, -0.25) is 4.79 Å². The van der Waals surface area contributed by atoms with Crippen LogP contribution in [0.1, 0.15) is 8.27 Å². The van der Waals surface area contributed by atoms with Crippen LogP contribution in [0.15, 0.2) is 0 Å². The molecule has 0 radical (unpaired) electrons. The van der Waals surface area contributed by atoms with Crippen molar-refractivity contribution in [2.24, 2.45) is 0 Å². The number of carbonyl (C=O) groups excluding carboxylic acids is 1. The molecule has 0 saturated carbocycles. The van der Waals surface area contributed by atoms with Gasteiger partial charge in [-0.05, 0) is 0 Å². The fourth-order valence-electron chi connectivity index (χ4n) is 0.893. The van der Waals surface area contributed by atoms with Crippen molar-refractivity contribution in [3.05, 3.63) is 0 Å². The van der Waals surface area contributed by atoms with Crippen molar-refractivity contribution in [1.82, 2.24) is 4.90 Å². The molecule has 4 nitrogen and oxygen atoms in total. The molecule has 1 atom stereocenters. The molecule has 1 aliphatic heterocycles. The van der Waals surface area contributed by atoms with E-state index in [-0.39, 0.29) is 6.90 Å². The van der Waals surface area contributed by atoms with Crippen LogP contribution in [0, 0.1) is 0 Å². The zero-order valence-electron chi connectivity index (χ0n) is 6.82. The minimum atomic E-state index is -0.984. The third-order valence-electron chi connectivity index (χ3n) is 1.49. The lowest BCUT2D eigenvalue weighted by Crippen LogP contribution is -2.40. The number of hydrogen-bond acceptors (Lipinski definition) is 3. The van der Waals surface area contributed by atoms with Gasteiger partial charge in [0.25, 0.3) is 0 Å². The molecule has 5 heteroatoms. The molecule has 1 fully saturated rings. The Bertz CT molecular complexity index is 211. The van der Waals surface area contributed by atoms with Crippen molar-refractivity contribution >= 4 is 23.6 Å². The van der Waals surface area contributed by atoms with Gasteiger partial charge in [-0.15, -0.1) is 11.8 Å². The van der Waals surface area contributed by atoms with Crippen molar-refractivity contribution in [3.63, 3.8) is 0 Å². The SMILES string of the molecule is [2H]CC(=O)N1CSCC1C(=O)O. The molecular formula is C6H9NO3S. The number of hydrogen-bond donors (Lipinski definition) is 1. The monoisotopic (exact) mass is 176 g/mol. The first-order valence-corrected chi connectivity index (χ1v) is 4.21. The summed E-state index contributed by atoms with van der Waals surface area (Å²) in [6, 6.07) is -0.729. The third-order valence-corrected chi connectivity index (χ3v) is 2.50. The topological polar surface area (TPSA) is 57.6 Å². The summed E-state index contributed by atoms with van der Waals surface area (Å²) >= 11 is 1.40. The second-order valence-electron chi connectivity index (χ2n) is 2.22. The van der Waals surface area contributed by atoms with E-state index in [1.54, 1.807) is 0 Å². The van der Waals surface area contributed by atoms with Crippen LogP contribution in [0.5, 0.6) is 0 Å². The number of aliphatic carboxylic acids is 1. The second kappa shape index (κ2) is 3.13. The van der Waals surface area contributed by atoms with Crippen LogP contribution in [0.3, 0.4) is 0 Å². The van der Waals surface area contributed by atoms with Gasteiger partial charge in [-0.2, -0.15) is 0 Å². The maximum Gasteiger partial charge on any atom is 0.327 e. The molecule has 0 spiro atoms. The molecule has 1 N–H and O–H groups in total. The fraction of sp³-hybridized carbons (Fsp3) is 0.667. The largest absolute Gasteiger partial charge is 0.480 e. The number of thioether (sulfide) groups is 1. The average molecular weight is 176 g/mol. The maximum absolute atomic E-state index is 11.0. The Morgan fingerprint density at radius 2 is 2.55 bits per heavy atom. The maximum atomic E-state index is 11.0. The van der Waals surface area contributed by atoms with E-state index in [1.807, 2.05) is 0 Å². The number of amides is 1. The number of nitrogens with zero attached hydrogens (tertiary/aromatic N) is 1. The molecule has 11 heavy (non-hydrogen) atoms. The number of carboxylic acids is 1. The Morgan fingerprint density at radius 3 is 3.09 bits per heavy atom. The van der Waals surface area contributed by atoms with Gasteiger partial charge in [-0.1, -0.05) is 0 Å². The molecule has 1 rings (SSSR count). The van der Waals surface area contributed by atoms with Crippen LogP contribution < -0.4 is 0 Å². The molecule has 0 aromatic carbocycles. The summed E-state index contributed by atoms with van der Waals surface area (Å²) in [5.74, 6) is -0.565. The Kier molecular flexibility index (Phi) is 1.98. The number of carbonyl (C=O) groups is 2. The molecule has 1 amide bonds. The summed E-state index contributed by atoms with van der Waals surface area (Å²) in [6.45, 7) is -0.371. The minimum absolute atomic E-state index is 0.371. The molecule has 0 bridgehead atoms. The zero-order chi connectivity index (χ0) is 9.14. The van der Waals surface area contributed by atoms with E-state index < -0.39 is 17.9 Å². The summed E-state index contributed by atoms with van der Waals surface area (Å²) < 4.78 is 6.81. The van der Waals surface area contributed by atoms with Crippen molar-refractivity contribution in [2.45, 2.75) is 12.9 Å². The van der Waals surface area contributed by atoms with Gasteiger partial charge >= 0.3 is 5.97 Å². The molecule has 1 unspecified atom stereocenters. The van der Waals surface area contributed by atoms with Gasteiger partial charge < -0.3 is 10.0 Å². The molecular weight excluding hydrogens is 166 g/mol. The van der Waals surface area contributed by atoms with Crippen LogP contribution in [0.4, 0.5) is 0 Å². The summed E-state index contributed by atoms with van der Waals surface area (Å²) in [5.41, 5.74) is 0. The molecule has 0 aromatic rings. The quantitative estimate of drug-likeness (QED) is 0.610. The summed E-state index contributed by atoms with van der Waals surface area (Å²) in [7, 11) is 0. The van der Waals surface area contributed by atoms with Crippen LogP contribution in [-0.2, 0) is 9.59 Å². The molecule has 62 valence electrons. The molecule has 0 aliphatic carbocycles. The van der Waals surface area contributed by atoms with E-state index in [0.717, 1.165) is 0 Å². The second-order valence-corrected chi connectivity index (χ2v) is 3.22. The van der Waals surface area contributed by atoms with E-state index in [9.17, 15) is 9.59 Å². The van der Waals surface area contributed by atoms with Crippen LogP contribution >= 0.6 is 11.8 Å². The summed E-state index contributed by atoms with van der Waals surface area (Å²) in [6.07, 6.45) is 0. The van der Waals surface area contributed by atoms with Crippen molar-refractivity contribution in [3.8, 4) is 0 Å². The predicted molar refractivity (Wildman–Crippen MR) is 41.3 cm³/mol. The van der Waals surface area contributed by atoms with Crippen molar-refractivity contribution in [1.29, 1.82) is 0 Å². The highest BCUT2D eigenvalue weighted by atomic mass is 32.2.